The second kappa shape index (κ2) is 3.90. The third-order valence-corrected chi connectivity index (χ3v) is 2.39. The lowest BCUT2D eigenvalue weighted by Crippen LogP contribution is -2.53. The van der Waals surface area contributed by atoms with E-state index in [9.17, 15) is 9.59 Å². The number of nitrogens with zero attached hydrogens (tertiary/aromatic N) is 2. The Kier molecular flexibility index (Phi) is 2.57. The van der Waals surface area contributed by atoms with E-state index in [4.69, 9.17) is 10.2 Å². The third-order valence-electron chi connectivity index (χ3n) is 2.39. The van der Waals surface area contributed by atoms with E-state index in [2.05, 4.69) is 4.98 Å². The van der Waals surface area contributed by atoms with Gasteiger partial charge in [0.05, 0.1) is 11.7 Å². The average molecular weight is 222 g/mol. The number of carbonyl (C=O) groups is 2. The van der Waals surface area contributed by atoms with Crippen molar-refractivity contribution in [3.05, 3.63) is 29.6 Å². The largest absolute Gasteiger partial charge is 0.478 e. The number of carboxylic acids is 1. The Morgan fingerprint density at radius 3 is 2.69 bits per heavy atom. The first kappa shape index (κ1) is 10.6. The number of rotatable bonds is 2. The Morgan fingerprint density at radius 2 is 2.12 bits per heavy atom. The maximum atomic E-state index is 11.8. The van der Waals surface area contributed by atoms with Crippen LogP contribution in [-0.2, 0) is 0 Å². The summed E-state index contributed by atoms with van der Waals surface area (Å²) in [4.78, 5) is 27.8. The normalized spacial score (nSPS) is 15.7. The first-order valence-electron chi connectivity index (χ1n) is 4.75. The summed E-state index contributed by atoms with van der Waals surface area (Å²) < 4.78 is 0. The van der Waals surface area contributed by atoms with E-state index in [1.807, 2.05) is 0 Å². The topological polar surface area (TPSA) is 90.7 Å². The summed E-state index contributed by atoms with van der Waals surface area (Å²) in [6.07, 6.45) is 0.858. The van der Waals surface area contributed by atoms with Gasteiger partial charge in [-0.15, -0.1) is 0 Å². The maximum absolute atomic E-state index is 11.8. The molecule has 16 heavy (non-hydrogen) atoms. The number of hydrogen-bond acceptors (Lipinski definition) is 4. The van der Waals surface area contributed by atoms with Gasteiger partial charge in [-0.1, -0.05) is 0 Å². The molecule has 1 aromatic heterocycles. The number of β-amino-alcohol motifs (C(OH)–C–C–N with tert-alkyl or cyclic N) is 1. The summed E-state index contributed by atoms with van der Waals surface area (Å²) in [6.45, 7) is 0.461. The standard InChI is InChI=1S/C10H10N2O4/c13-6-4-12(5-6)9(14)8-7(10(15)16)2-1-3-11-8/h1-3,6,13H,4-5H2,(H,15,16). The van der Waals surface area contributed by atoms with Crippen molar-refractivity contribution >= 4 is 11.9 Å². The van der Waals surface area contributed by atoms with Crippen LogP contribution in [0, 0.1) is 0 Å². The van der Waals surface area contributed by atoms with Crippen molar-refractivity contribution in [3.8, 4) is 0 Å². The number of aliphatic hydroxyl groups excluding tert-OH is 1. The Balaban J connectivity index is 2.26. The second-order valence-corrected chi connectivity index (χ2v) is 3.57. The Hall–Kier alpha value is -1.95. The second-order valence-electron chi connectivity index (χ2n) is 3.57. The first-order chi connectivity index (χ1) is 7.59. The number of aromatic carboxylic acids is 1. The summed E-state index contributed by atoms with van der Waals surface area (Å²) in [5.41, 5.74) is -0.198. The zero-order chi connectivity index (χ0) is 11.7. The van der Waals surface area contributed by atoms with Crippen LogP contribution in [0.3, 0.4) is 0 Å². The van der Waals surface area contributed by atoms with Gasteiger partial charge in [0.1, 0.15) is 5.69 Å². The van der Waals surface area contributed by atoms with Gasteiger partial charge in [-0.2, -0.15) is 0 Å². The van der Waals surface area contributed by atoms with E-state index in [-0.39, 0.29) is 24.3 Å². The van der Waals surface area contributed by atoms with Crippen molar-refractivity contribution in [2.24, 2.45) is 0 Å². The van der Waals surface area contributed by atoms with Gasteiger partial charge in [-0.3, -0.25) is 9.78 Å². The minimum absolute atomic E-state index is 0.0816. The van der Waals surface area contributed by atoms with Gasteiger partial charge < -0.3 is 15.1 Å². The summed E-state index contributed by atoms with van der Waals surface area (Å²) in [5, 5.41) is 17.9. The van der Waals surface area contributed by atoms with Gasteiger partial charge in [0.2, 0.25) is 0 Å². The van der Waals surface area contributed by atoms with E-state index < -0.39 is 18.0 Å². The molecule has 2 N–H and O–H groups in total. The molecule has 1 saturated heterocycles. The van der Waals surface area contributed by atoms with E-state index >= 15 is 0 Å². The molecule has 2 rings (SSSR count). The van der Waals surface area contributed by atoms with Crippen LogP contribution in [0.2, 0.25) is 0 Å². The van der Waals surface area contributed by atoms with Gasteiger partial charge in [0, 0.05) is 19.3 Å². The van der Waals surface area contributed by atoms with Crippen molar-refractivity contribution in [1.29, 1.82) is 0 Å². The molecule has 0 bridgehead atoms. The molecule has 1 aromatic rings. The van der Waals surface area contributed by atoms with Gasteiger partial charge in [-0.25, -0.2) is 4.79 Å². The SMILES string of the molecule is O=C(O)c1cccnc1C(=O)N1CC(O)C1. The molecule has 6 nitrogen and oxygen atoms in total. The zero-order valence-electron chi connectivity index (χ0n) is 8.33. The van der Waals surface area contributed by atoms with E-state index in [0.29, 0.717) is 0 Å². The highest BCUT2D eigenvalue weighted by Crippen LogP contribution is 2.14. The molecule has 0 unspecified atom stereocenters. The molecule has 0 aromatic carbocycles. The Bertz CT molecular complexity index is 440. The minimum Gasteiger partial charge on any atom is -0.478 e. The van der Waals surface area contributed by atoms with Gasteiger partial charge >= 0.3 is 5.97 Å². The fourth-order valence-corrected chi connectivity index (χ4v) is 1.52. The highest BCUT2D eigenvalue weighted by Gasteiger charge is 2.32. The van der Waals surface area contributed by atoms with E-state index in [0.717, 1.165) is 0 Å². The lowest BCUT2D eigenvalue weighted by Gasteiger charge is -2.35. The molecule has 0 radical (unpaired) electrons. The number of aromatic nitrogens is 1. The summed E-state index contributed by atoms with van der Waals surface area (Å²) in [7, 11) is 0. The predicted molar refractivity (Wildman–Crippen MR) is 53.1 cm³/mol. The minimum atomic E-state index is -1.18. The first-order valence-corrected chi connectivity index (χ1v) is 4.75. The quantitative estimate of drug-likeness (QED) is 0.710. The number of pyridine rings is 1. The van der Waals surface area contributed by atoms with Crippen LogP contribution < -0.4 is 0 Å². The van der Waals surface area contributed by atoms with E-state index in [1.165, 1.54) is 23.2 Å². The highest BCUT2D eigenvalue weighted by molar-refractivity contribution is 6.03. The maximum Gasteiger partial charge on any atom is 0.338 e. The number of amides is 1. The zero-order valence-corrected chi connectivity index (χ0v) is 8.33. The molecule has 84 valence electrons. The molecule has 1 aliphatic rings. The highest BCUT2D eigenvalue weighted by atomic mass is 16.4. The third kappa shape index (κ3) is 1.74. The number of hydrogen-bond donors (Lipinski definition) is 2. The molecule has 1 amide bonds. The fourth-order valence-electron chi connectivity index (χ4n) is 1.52. The summed E-state index contributed by atoms with van der Waals surface area (Å²) in [5.74, 6) is -1.64. The number of aliphatic hydroxyl groups is 1. The smallest absolute Gasteiger partial charge is 0.338 e. The van der Waals surface area contributed by atoms with Crippen molar-refractivity contribution in [2.75, 3.05) is 13.1 Å². The Labute approximate surface area is 91.1 Å². The summed E-state index contributed by atoms with van der Waals surface area (Å²) >= 11 is 0. The number of likely N-dealkylation sites (tertiary alicyclic amines) is 1. The van der Waals surface area contributed by atoms with Crippen molar-refractivity contribution < 1.29 is 19.8 Å². The van der Waals surface area contributed by atoms with Crippen LogP contribution in [0.1, 0.15) is 20.8 Å². The van der Waals surface area contributed by atoms with Crippen molar-refractivity contribution in [2.45, 2.75) is 6.10 Å². The average Bonchev–Trinajstić information content (AvgIpc) is 2.24. The van der Waals surface area contributed by atoms with Crippen LogP contribution in [0.15, 0.2) is 18.3 Å². The monoisotopic (exact) mass is 222 g/mol. The predicted octanol–water partition coefficient (Wildman–Crippen LogP) is -0.404. The number of carboxylic acid groups (broad SMARTS) is 1. The van der Waals surface area contributed by atoms with Gasteiger partial charge in [-0.05, 0) is 12.1 Å². The summed E-state index contributed by atoms with van der Waals surface area (Å²) in [6, 6.07) is 2.80. The van der Waals surface area contributed by atoms with Crippen molar-refractivity contribution in [1.82, 2.24) is 9.88 Å². The molecule has 0 aliphatic carbocycles. The van der Waals surface area contributed by atoms with Crippen LogP contribution in [0.4, 0.5) is 0 Å². The molecule has 1 aliphatic heterocycles. The molecule has 1 fully saturated rings. The fraction of sp³-hybridized carbons (Fsp3) is 0.300. The molecule has 0 spiro atoms. The van der Waals surface area contributed by atoms with Gasteiger partial charge in [0.25, 0.3) is 5.91 Å². The van der Waals surface area contributed by atoms with E-state index in [1.54, 1.807) is 0 Å². The number of carbonyl (C=O) groups excluding carboxylic acids is 1. The van der Waals surface area contributed by atoms with Crippen LogP contribution >= 0.6 is 0 Å². The van der Waals surface area contributed by atoms with Crippen LogP contribution in [0.25, 0.3) is 0 Å². The molecule has 0 atom stereocenters. The lowest BCUT2D eigenvalue weighted by molar-refractivity contribution is 0.00535. The lowest BCUT2D eigenvalue weighted by atomic mass is 10.1. The molecule has 6 heteroatoms. The van der Waals surface area contributed by atoms with Gasteiger partial charge in [0.15, 0.2) is 0 Å². The molecular formula is C10H10N2O4. The van der Waals surface area contributed by atoms with Crippen LogP contribution in [0.5, 0.6) is 0 Å². The Morgan fingerprint density at radius 1 is 1.44 bits per heavy atom. The van der Waals surface area contributed by atoms with Crippen LogP contribution in [-0.4, -0.2) is 51.2 Å². The molecule has 0 saturated carbocycles. The molecular weight excluding hydrogens is 212 g/mol. The van der Waals surface area contributed by atoms with Crippen molar-refractivity contribution in [3.63, 3.8) is 0 Å². The molecule has 2 heterocycles.